The number of hydrogen-bond acceptors (Lipinski definition) is 2. The SMILES string of the molecule is O=C(F)COc1ccc(Cl)cc1. The van der Waals surface area contributed by atoms with Gasteiger partial charge in [0.2, 0.25) is 0 Å². The number of carbonyl (C=O) groups is 1. The summed E-state index contributed by atoms with van der Waals surface area (Å²) in [4.78, 5) is 9.87. The van der Waals surface area contributed by atoms with E-state index in [2.05, 4.69) is 0 Å². The van der Waals surface area contributed by atoms with Crippen LogP contribution < -0.4 is 4.74 Å². The van der Waals surface area contributed by atoms with Crippen LogP contribution in [0, 0.1) is 0 Å². The van der Waals surface area contributed by atoms with Crippen LogP contribution in [0.2, 0.25) is 5.02 Å². The van der Waals surface area contributed by atoms with E-state index in [0.717, 1.165) is 0 Å². The molecule has 1 rings (SSSR count). The Labute approximate surface area is 73.9 Å². The summed E-state index contributed by atoms with van der Waals surface area (Å²) >= 11 is 5.58. The first-order valence-electron chi connectivity index (χ1n) is 3.25. The summed E-state index contributed by atoms with van der Waals surface area (Å²) < 4.78 is 16.4. The van der Waals surface area contributed by atoms with Gasteiger partial charge in [0, 0.05) is 5.02 Å². The van der Waals surface area contributed by atoms with Gasteiger partial charge in [-0.2, -0.15) is 4.39 Å². The van der Waals surface area contributed by atoms with Crippen molar-refractivity contribution in [3.8, 4) is 5.75 Å². The van der Waals surface area contributed by atoms with E-state index < -0.39 is 12.6 Å². The molecule has 0 aliphatic heterocycles. The first-order valence-corrected chi connectivity index (χ1v) is 3.63. The Morgan fingerprint density at radius 1 is 1.42 bits per heavy atom. The van der Waals surface area contributed by atoms with Gasteiger partial charge in [0.1, 0.15) is 5.75 Å². The fourth-order valence-electron chi connectivity index (χ4n) is 0.671. The van der Waals surface area contributed by atoms with E-state index in [4.69, 9.17) is 16.3 Å². The van der Waals surface area contributed by atoms with Crippen molar-refractivity contribution in [1.29, 1.82) is 0 Å². The average Bonchev–Trinajstić information content (AvgIpc) is 2.03. The third-order valence-corrected chi connectivity index (χ3v) is 1.42. The topological polar surface area (TPSA) is 26.3 Å². The highest BCUT2D eigenvalue weighted by Crippen LogP contribution is 2.15. The number of benzene rings is 1. The molecule has 0 unspecified atom stereocenters. The van der Waals surface area contributed by atoms with E-state index in [1.54, 1.807) is 24.3 Å². The van der Waals surface area contributed by atoms with Gasteiger partial charge >= 0.3 is 6.04 Å². The van der Waals surface area contributed by atoms with E-state index in [1.807, 2.05) is 0 Å². The van der Waals surface area contributed by atoms with Gasteiger partial charge in [-0.05, 0) is 24.3 Å². The molecule has 0 saturated heterocycles. The minimum absolute atomic E-state index is 0.422. The molecule has 0 atom stereocenters. The molecular formula is C8H6ClFO2. The van der Waals surface area contributed by atoms with Crippen LogP contribution in [0.4, 0.5) is 4.39 Å². The maximum absolute atomic E-state index is 11.7. The van der Waals surface area contributed by atoms with Crippen LogP contribution in [-0.4, -0.2) is 12.6 Å². The fraction of sp³-hybridized carbons (Fsp3) is 0.125. The normalized spacial score (nSPS) is 9.50. The zero-order valence-electron chi connectivity index (χ0n) is 6.09. The molecule has 0 aliphatic rings. The Morgan fingerprint density at radius 3 is 2.50 bits per heavy atom. The van der Waals surface area contributed by atoms with E-state index >= 15 is 0 Å². The Bertz CT molecular complexity index is 271. The van der Waals surface area contributed by atoms with Gasteiger partial charge in [-0.25, -0.2) is 0 Å². The summed E-state index contributed by atoms with van der Waals surface area (Å²) in [5.41, 5.74) is 0. The quantitative estimate of drug-likeness (QED) is 0.680. The second-order valence-electron chi connectivity index (χ2n) is 2.10. The molecule has 0 aromatic heterocycles. The van der Waals surface area contributed by atoms with Crippen molar-refractivity contribution >= 4 is 17.6 Å². The van der Waals surface area contributed by atoms with Crippen LogP contribution in [0.25, 0.3) is 0 Å². The van der Waals surface area contributed by atoms with Crippen LogP contribution in [0.3, 0.4) is 0 Å². The first kappa shape index (κ1) is 9.00. The zero-order chi connectivity index (χ0) is 8.97. The molecule has 0 bridgehead atoms. The van der Waals surface area contributed by atoms with Crippen LogP contribution >= 0.6 is 11.6 Å². The summed E-state index contributed by atoms with van der Waals surface area (Å²) in [6, 6.07) is 4.82. The standard InChI is InChI=1S/C8H6ClFO2/c9-6-1-3-7(4-2-6)12-5-8(10)11/h1-4H,5H2. The van der Waals surface area contributed by atoms with Crippen LogP contribution in [0.15, 0.2) is 24.3 Å². The number of ether oxygens (including phenoxy) is 1. The zero-order valence-corrected chi connectivity index (χ0v) is 6.84. The van der Waals surface area contributed by atoms with Gasteiger partial charge < -0.3 is 4.74 Å². The lowest BCUT2D eigenvalue weighted by Gasteiger charge is -2.00. The summed E-state index contributed by atoms with van der Waals surface area (Å²) in [6.45, 7) is -0.554. The first-order chi connectivity index (χ1) is 5.68. The van der Waals surface area contributed by atoms with E-state index in [9.17, 15) is 9.18 Å². The molecule has 1 aromatic rings. The maximum Gasteiger partial charge on any atom is 0.338 e. The molecule has 0 amide bonds. The van der Waals surface area contributed by atoms with Crippen molar-refractivity contribution in [2.24, 2.45) is 0 Å². The lowest BCUT2D eigenvalue weighted by molar-refractivity contribution is -0.131. The van der Waals surface area contributed by atoms with Crippen LogP contribution in [-0.2, 0) is 4.79 Å². The van der Waals surface area contributed by atoms with Gasteiger partial charge in [-0.15, -0.1) is 0 Å². The van der Waals surface area contributed by atoms with E-state index in [0.29, 0.717) is 10.8 Å². The molecule has 12 heavy (non-hydrogen) atoms. The van der Waals surface area contributed by atoms with E-state index in [-0.39, 0.29) is 0 Å². The Kier molecular flexibility index (Phi) is 3.05. The van der Waals surface area contributed by atoms with Crippen molar-refractivity contribution in [3.05, 3.63) is 29.3 Å². The van der Waals surface area contributed by atoms with Crippen molar-refractivity contribution in [3.63, 3.8) is 0 Å². The summed E-state index contributed by atoms with van der Waals surface area (Å²) in [5, 5.41) is 0.564. The third-order valence-electron chi connectivity index (χ3n) is 1.17. The molecule has 0 aliphatic carbocycles. The van der Waals surface area contributed by atoms with Gasteiger partial charge in [0.15, 0.2) is 6.61 Å². The minimum atomic E-state index is -1.50. The van der Waals surface area contributed by atoms with Gasteiger partial charge in [0.05, 0.1) is 0 Å². The summed E-state index contributed by atoms with van der Waals surface area (Å²) in [6.07, 6.45) is 0. The van der Waals surface area contributed by atoms with Crippen molar-refractivity contribution in [2.45, 2.75) is 0 Å². The molecule has 0 heterocycles. The fourth-order valence-corrected chi connectivity index (χ4v) is 0.797. The molecule has 2 nitrogen and oxygen atoms in total. The minimum Gasteiger partial charge on any atom is -0.483 e. The van der Waals surface area contributed by atoms with Crippen molar-refractivity contribution in [1.82, 2.24) is 0 Å². The van der Waals surface area contributed by atoms with Gasteiger partial charge in [-0.1, -0.05) is 11.6 Å². The molecule has 64 valence electrons. The third kappa shape index (κ3) is 2.88. The predicted octanol–water partition coefficient (Wildman–Crippen LogP) is 2.21. The number of carbonyl (C=O) groups excluding carboxylic acids is 1. The van der Waals surface area contributed by atoms with Crippen molar-refractivity contribution in [2.75, 3.05) is 6.61 Å². The molecule has 0 fully saturated rings. The molecule has 0 saturated carbocycles. The second kappa shape index (κ2) is 4.07. The number of hydrogen-bond donors (Lipinski definition) is 0. The molecule has 0 N–H and O–H groups in total. The lowest BCUT2D eigenvalue weighted by atomic mass is 10.3. The van der Waals surface area contributed by atoms with Crippen LogP contribution in [0.5, 0.6) is 5.75 Å². The second-order valence-corrected chi connectivity index (χ2v) is 2.53. The highest BCUT2D eigenvalue weighted by atomic mass is 35.5. The van der Waals surface area contributed by atoms with Gasteiger partial charge in [0.25, 0.3) is 0 Å². The highest BCUT2D eigenvalue weighted by Gasteiger charge is 1.98. The Hall–Kier alpha value is -1.09. The molecule has 0 radical (unpaired) electrons. The lowest BCUT2D eigenvalue weighted by Crippen LogP contribution is -2.04. The van der Waals surface area contributed by atoms with E-state index in [1.165, 1.54) is 0 Å². The van der Waals surface area contributed by atoms with Crippen molar-refractivity contribution < 1.29 is 13.9 Å². The maximum atomic E-state index is 11.7. The smallest absolute Gasteiger partial charge is 0.338 e. The molecule has 0 spiro atoms. The summed E-state index contributed by atoms with van der Waals surface area (Å²) in [5.74, 6) is 0.422. The predicted molar refractivity (Wildman–Crippen MR) is 43.1 cm³/mol. The van der Waals surface area contributed by atoms with Gasteiger partial charge in [-0.3, -0.25) is 4.79 Å². The molecule has 4 heteroatoms. The largest absolute Gasteiger partial charge is 0.483 e. The highest BCUT2D eigenvalue weighted by molar-refractivity contribution is 6.30. The average molecular weight is 189 g/mol. The summed E-state index contributed by atoms with van der Waals surface area (Å²) in [7, 11) is 0. The Morgan fingerprint density at radius 2 is 2.00 bits per heavy atom. The number of halogens is 2. The molecular weight excluding hydrogens is 183 g/mol. The van der Waals surface area contributed by atoms with Crippen LogP contribution in [0.1, 0.15) is 0 Å². The molecule has 1 aromatic carbocycles. The monoisotopic (exact) mass is 188 g/mol. The Balaban J connectivity index is 2.53. The number of rotatable bonds is 3.